The minimum absolute atomic E-state index is 0.00753. The van der Waals surface area contributed by atoms with Crippen LogP contribution in [0.3, 0.4) is 0 Å². The van der Waals surface area contributed by atoms with Crippen LogP contribution in [-0.4, -0.2) is 78.5 Å². The van der Waals surface area contributed by atoms with Crippen molar-refractivity contribution in [2.75, 3.05) is 26.3 Å². The molecule has 35 heavy (non-hydrogen) atoms. The van der Waals surface area contributed by atoms with Crippen molar-refractivity contribution in [1.82, 2.24) is 10.2 Å². The molecule has 2 atom stereocenters. The highest BCUT2D eigenvalue weighted by molar-refractivity contribution is 5.90. The Balaban J connectivity index is 3.24. The lowest BCUT2D eigenvalue weighted by molar-refractivity contribution is -0.384. The molecule has 0 saturated heterocycles. The number of hydrogen-bond donors (Lipinski definition) is 3. The van der Waals surface area contributed by atoms with E-state index in [4.69, 9.17) is 25.7 Å². The highest BCUT2D eigenvalue weighted by atomic mass is 16.7. The van der Waals surface area contributed by atoms with Gasteiger partial charge in [0.15, 0.2) is 12.4 Å². The van der Waals surface area contributed by atoms with E-state index in [-0.39, 0.29) is 31.2 Å². The van der Waals surface area contributed by atoms with E-state index in [1.165, 1.54) is 29.2 Å². The molecule has 0 aliphatic carbocycles. The van der Waals surface area contributed by atoms with Gasteiger partial charge in [0.25, 0.3) is 11.6 Å². The first-order chi connectivity index (χ1) is 16.5. The van der Waals surface area contributed by atoms with Gasteiger partial charge in [0.05, 0.1) is 11.5 Å². The Bertz CT molecular complexity index is 843. The van der Waals surface area contributed by atoms with E-state index < -0.39 is 41.3 Å². The topological polar surface area (TPSA) is 189 Å². The van der Waals surface area contributed by atoms with Gasteiger partial charge in [-0.1, -0.05) is 12.1 Å². The Morgan fingerprint density at radius 3 is 2.11 bits per heavy atom. The third kappa shape index (κ3) is 9.84. The van der Waals surface area contributed by atoms with Gasteiger partial charge in [0, 0.05) is 44.4 Å². The molecule has 0 radical (unpaired) electrons. The molecule has 1 aromatic rings. The predicted octanol–water partition coefficient (Wildman–Crippen LogP) is 0.681. The summed E-state index contributed by atoms with van der Waals surface area (Å²) in [6, 6.07) is 4.20. The Labute approximate surface area is 204 Å². The van der Waals surface area contributed by atoms with E-state index >= 15 is 0 Å². The van der Waals surface area contributed by atoms with Gasteiger partial charge in [-0.15, -0.1) is 0 Å². The summed E-state index contributed by atoms with van der Waals surface area (Å²) in [5.41, 5.74) is 11.0. The zero-order valence-corrected chi connectivity index (χ0v) is 20.5. The number of rotatable bonds is 15. The Hall–Kier alpha value is -3.29. The minimum atomic E-state index is -1.40. The summed E-state index contributed by atoms with van der Waals surface area (Å²) in [6.45, 7) is 7.70. The number of carbonyl (C=O) groups excluding carboxylic acids is 3. The van der Waals surface area contributed by atoms with Crippen molar-refractivity contribution in [1.29, 1.82) is 0 Å². The maximum Gasteiger partial charge on any atom is 0.405 e. The van der Waals surface area contributed by atoms with Gasteiger partial charge in [0.1, 0.15) is 6.04 Å². The molecule has 2 unspecified atom stereocenters. The maximum atomic E-state index is 13.6. The SMILES string of the molecule is CCOC(CN(C(=O)C(Cc1ccc([N+](=O)[O-])cc1)NC(=O)C(CN)OC(N)=O)C(C)C)OCC. The number of hydrogen-bond acceptors (Lipinski definition) is 9. The van der Waals surface area contributed by atoms with Crippen molar-refractivity contribution in [3.05, 3.63) is 39.9 Å². The normalized spacial score (nSPS) is 12.8. The summed E-state index contributed by atoms with van der Waals surface area (Å²) >= 11 is 0. The largest absolute Gasteiger partial charge is 0.435 e. The summed E-state index contributed by atoms with van der Waals surface area (Å²) in [7, 11) is 0. The van der Waals surface area contributed by atoms with Crippen molar-refractivity contribution in [2.45, 2.75) is 58.6 Å². The van der Waals surface area contributed by atoms with Gasteiger partial charge in [-0.2, -0.15) is 0 Å². The summed E-state index contributed by atoms with van der Waals surface area (Å²) in [5, 5.41) is 13.5. The fraction of sp³-hybridized carbons (Fsp3) is 0.591. The van der Waals surface area contributed by atoms with Crippen LogP contribution in [0.2, 0.25) is 0 Å². The number of non-ortho nitro benzene ring substituents is 1. The third-order valence-electron chi connectivity index (χ3n) is 4.92. The number of nitrogens with one attached hydrogen (secondary N) is 1. The summed E-state index contributed by atoms with van der Waals surface area (Å²) in [6.07, 6.45) is -3.25. The van der Waals surface area contributed by atoms with Crippen LogP contribution < -0.4 is 16.8 Å². The zero-order valence-electron chi connectivity index (χ0n) is 20.5. The average molecular weight is 498 g/mol. The summed E-state index contributed by atoms with van der Waals surface area (Å²) < 4.78 is 15.9. The third-order valence-corrected chi connectivity index (χ3v) is 4.92. The Morgan fingerprint density at radius 2 is 1.69 bits per heavy atom. The standard InChI is InChI=1S/C22H35N5O8/c1-5-33-19(34-6-2)13-26(14(3)4)21(29)17(25-20(28)18(12-23)35-22(24)30)11-15-7-9-16(10-8-15)27(31)32/h7-10,14,17-19H,5-6,11-13,23H2,1-4H3,(H2,24,30)(H,25,28). The first-order valence-corrected chi connectivity index (χ1v) is 11.3. The fourth-order valence-corrected chi connectivity index (χ4v) is 3.24. The van der Waals surface area contributed by atoms with Crippen LogP contribution in [-0.2, 0) is 30.2 Å². The number of amides is 3. The first kappa shape index (κ1) is 29.7. The highest BCUT2D eigenvalue weighted by Gasteiger charge is 2.32. The van der Waals surface area contributed by atoms with Crippen LogP contribution in [0.4, 0.5) is 10.5 Å². The number of nitrogens with zero attached hydrogens (tertiary/aromatic N) is 2. The highest BCUT2D eigenvalue weighted by Crippen LogP contribution is 2.16. The molecule has 0 saturated carbocycles. The molecule has 196 valence electrons. The Morgan fingerprint density at radius 1 is 1.11 bits per heavy atom. The molecule has 3 amide bonds. The maximum absolute atomic E-state index is 13.6. The predicted molar refractivity (Wildman–Crippen MR) is 126 cm³/mol. The number of nitrogens with two attached hydrogens (primary N) is 2. The van der Waals surface area contributed by atoms with Crippen molar-refractivity contribution >= 4 is 23.6 Å². The minimum Gasteiger partial charge on any atom is -0.435 e. The van der Waals surface area contributed by atoms with Gasteiger partial charge < -0.3 is 35.9 Å². The van der Waals surface area contributed by atoms with Crippen LogP contribution in [0.25, 0.3) is 0 Å². The number of ether oxygens (including phenoxy) is 3. The number of nitro benzene ring substituents is 1. The van der Waals surface area contributed by atoms with Crippen LogP contribution in [0, 0.1) is 10.1 Å². The van der Waals surface area contributed by atoms with Gasteiger partial charge in [-0.25, -0.2) is 4.79 Å². The van der Waals surface area contributed by atoms with Crippen molar-refractivity contribution in [3.8, 4) is 0 Å². The van der Waals surface area contributed by atoms with Gasteiger partial charge >= 0.3 is 6.09 Å². The molecule has 0 fully saturated rings. The van der Waals surface area contributed by atoms with Gasteiger partial charge in [0.2, 0.25) is 5.91 Å². The van der Waals surface area contributed by atoms with Crippen molar-refractivity contribution in [2.24, 2.45) is 11.5 Å². The summed E-state index contributed by atoms with van der Waals surface area (Å²) in [5.74, 6) is -1.26. The molecule has 0 aliphatic rings. The molecule has 0 heterocycles. The second-order valence-corrected chi connectivity index (χ2v) is 7.77. The van der Waals surface area contributed by atoms with Crippen LogP contribution in [0.5, 0.6) is 0 Å². The molecule has 0 bridgehead atoms. The second kappa shape index (κ2) is 14.9. The molecule has 13 heteroatoms. The number of primary amides is 1. The van der Waals surface area contributed by atoms with E-state index in [2.05, 4.69) is 5.32 Å². The molecule has 5 N–H and O–H groups in total. The molecule has 1 rings (SSSR count). The van der Waals surface area contributed by atoms with E-state index in [0.29, 0.717) is 18.8 Å². The second-order valence-electron chi connectivity index (χ2n) is 7.77. The summed E-state index contributed by atoms with van der Waals surface area (Å²) in [4.78, 5) is 49.4. The van der Waals surface area contributed by atoms with E-state index in [0.717, 1.165) is 0 Å². The number of carbonyl (C=O) groups is 3. The van der Waals surface area contributed by atoms with Gasteiger partial charge in [-0.3, -0.25) is 19.7 Å². The first-order valence-electron chi connectivity index (χ1n) is 11.3. The van der Waals surface area contributed by atoms with Crippen molar-refractivity contribution in [3.63, 3.8) is 0 Å². The van der Waals surface area contributed by atoms with E-state index in [9.17, 15) is 24.5 Å². The molecule has 0 aliphatic heterocycles. The lowest BCUT2D eigenvalue weighted by Crippen LogP contribution is -2.56. The van der Waals surface area contributed by atoms with Crippen LogP contribution >= 0.6 is 0 Å². The fourth-order valence-electron chi connectivity index (χ4n) is 3.24. The quantitative estimate of drug-likeness (QED) is 0.178. The zero-order chi connectivity index (χ0) is 26.5. The molecule has 13 nitrogen and oxygen atoms in total. The molecular weight excluding hydrogens is 462 g/mol. The molecule has 0 aromatic heterocycles. The lowest BCUT2D eigenvalue weighted by atomic mass is 10.0. The molecular formula is C22H35N5O8. The van der Waals surface area contributed by atoms with Gasteiger partial charge in [-0.05, 0) is 33.3 Å². The molecule has 0 spiro atoms. The molecule has 1 aromatic carbocycles. The van der Waals surface area contributed by atoms with Crippen molar-refractivity contribution < 1.29 is 33.5 Å². The Kier molecular flexibility index (Phi) is 12.6. The van der Waals surface area contributed by atoms with Crippen LogP contribution in [0.15, 0.2) is 24.3 Å². The van der Waals surface area contributed by atoms with E-state index in [1.54, 1.807) is 27.7 Å². The number of nitro groups is 1. The monoisotopic (exact) mass is 497 g/mol. The lowest BCUT2D eigenvalue weighted by Gasteiger charge is -2.34. The van der Waals surface area contributed by atoms with E-state index in [1.807, 2.05) is 0 Å². The van der Waals surface area contributed by atoms with Crippen LogP contribution in [0.1, 0.15) is 33.3 Å². The number of benzene rings is 1. The smallest absolute Gasteiger partial charge is 0.405 e. The average Bonchev–Trinajstić information content (AvgIpc) is 2.80.